The molecule has 2 aliphatic rings. The van der Waals surface area contributed by atoms with E-state index in [1.165, 1.54) is 10.9 Å². The summed E-state index contributed by atoms with van der Waals surface area (Å²) in [6.07, 6.45) is 6.36. The zero-order valence-electron chi connectivity index (χ0n) is 25.2. The van der Waals surface area contributed by atoms with E-state index in [1.807, 2.05) is 0 Å². The van der Waals surface area contributed by atoms with E-state index >= 15 is 0 Å². The van der Waals surface area contributed by atoms with Crippen LogP contribution in [0.1, 0.15) is 76.9 Å². The summed E-state index contributed by atoms with van der Waals surface area (Å²) in [4.78, 5) is 20.6. The second-order valence-electron chi connectivity index (χ2n) is 13.6. The van der Waals surface area contributed by atoms with Gasteiger partial charge in [-0.05, 0) is 63.5 Å². The first-order chi connectivity index (χ1) is 19.0. The number of carbonyl (C=O) groups is 1. The molecular formula is C29H41N7O4S. The Morgan fingerprint density at radius 3 is 2.44 bits per heavy atom. The minimum atomic E-state index is -4.16. The third-order valence-electron chi connectivity index (χ3n) is 8.42. The maximum Gasteiger partial charge on any atom is 0.268 e. The predicted octanol–water partition coefficient (Wildman–Crippen LogP) is 4.26. The minimum Gasteiger partial charge on any atom is -0.476 e. The molecule has 3 aromatic rings. The van der Waals surface area contributed by atoms with Gasteiger partial charge in [0.1, 0.15) is 10.7 Å². The Morgan fingerprint density at radius 1 is 1.15 bits per heavy atom. The molecule has 12 heteroatoms. The number of ether oxygens (including phenoxy) is 1. The number of pyridine rings is 1. The molecule has 3 aromatic heterocycles. The van der Waals surface area contributed by atoms with Gasteiger partial charge in [0.2, 0.25) is 5.88 Å². The van der Waals surface area contributed by atoms with Crippen molar-refractivity contribution in [3.63, 3.8) is 0 Å². The lowest BCUT2D eigenvalue weighted by molar-refractivity contribution is 0.0981. The van der Waals surface area contributed by atoms with Gasteiger partial charge in [-0.15, -0.1) is 5.10 Å². The van der Waals surface area contributed by atoms with Gasteiger partial charge >= 0.3 is 0 Å². The average Bonchev–Trinajstić information content (AvgIpc) is 3.18. The van der Waals surface area contributed by atoms with Gasteiger partial charge < -0.3 is 9.64 Å². The van der Waals surface area contributed by atoms with E-state index in [4.69, 9.17) is 9.72 Å². The molecule has 2 fully saturated rings. The van der Waals surface area contributed by atoms with Crippen LogP contribution < -0.4 is 14.4 Å². The molecule has 5 rings (SSSR count). The maximum absolute atomic E-state index is 13.6. The SMILES string of the molecule is Cc1nn(C)cc1S(=O)(=O)NC(=O)c1ccc(-n2ccc(OCC3(C)CC3)n2)nc1N1CC(C(C)(C)C)CC1(C)C. The smallest absolute Gasteiger partial charge is 0.268 e. The lowest BCUT2D eigenvalue weighted by atomic mass is 9.78. The number of carbonyl (C=O) groups excluding carboxylic acids is 1. The summed E-state index contributed by atoms with van der Waals surface area (Å²) in [5.41, 5.74) is 0.424. The van der Waals surface area contributed by atoms with Gasteiger partial charge in [0.15, 0.2) is 5.82 Å². The molecule has 222 valence electrons. The van der Waals surface area contributed by atoms with E-state index < -0.39 is 15.9 Å². The number of anilines is 1. The van der Waals surface area contributed by atoms with Crippen molar-refractivity contribution in [1.29, 1.82) is 0 Å². The van der Waals surface area contributed by atoms with Crippen LogP contribution in [-0.2, 0) is 17.1 Å². The quantitative estimate of drug-likeness (QED) is 0.417. The molecule has 1 atom stereocenters. The van der Waals surface area contributed by atoms with Crippen molar-refractivity contribution in [3.8, 4) is 11.7 Å². The number of hydrogen-bond donors (Lipinski definition) is 1. The molecule has 0 spiro atoms. The van der Waals surface area contributed by atoms with Gasteiger partial charge in [-0.3, -0.25) is 9.48 Å². The number of nitrogens with one attached hydrogen (secondary N) is 1. The Balaban J connectivity index is 1.51. The molecule has 11 nitrogen and oxygen atoms in total. The number of aromatic nitrogens is 5. The van der Waals surface area contributed by atoms with Gasteiger partial charge in [0.25, 0.3) is 15.9 Å². The van der Waals surface area contributed by atoms with Crippen LogP contribution in [0.25, 0.3) is 5.82 Å². The molecule has 1 unspecified atom stereocenters. The fourth-order valence-corrected chi connectivity index (χ4v) is 6.52. The van der Waals surface area contributed by atoms with E-state index in [2.05, 4.69) is 61.4 Å². The molecule has 1 saturated heterocycles. The Morgan fingerprint density at radius 2 is 1.85 bits per heavy atom. The van der Waals surface area contributed by atoms with E-state index in [1.54, 1.807) is 43.0 Å². The molecule has 1 aliphatic heterocycles. The van der Waals surface area contributed by atoms with Gasteiger partial charge in [-0.1, -0.05) is 27.7 Å². The number of nitrogens with zero attached hydrogens (tertiary/aromatic N) is 6. The summed E-state index contributed by atoms with van der Waals surface area (Å²) in [6.45, 7) is 16.0. The van der Waals surface area contributed by atoms with E-state index in [9.17, 15) is 13.2 Å². The number of sulfonamides is 1. The first-order valence-electron chi connectivity index (χ1n) is 14.0. The van der Waals surface area contributed by atoms with Crippen LogP contribution in [-0.4, -0.2) is 57.6 Å². The topological polar surface area (TPSA) is 124 Å². The highest BCUT2D eigenvalue weighted by molar-refractivity contribution is 7.90. The van der Waals surface area contributed by atoms with Crippen molar-refractivity contribution in [2.24, 2.45) is 23.8 Å². The molecule has 41 heavy (non-hydrogen) atoms. The lowest BCUT2D eigenvalue weighted by Gasteiger charge is -2.34. The molecule has 1 N–H and O–H groups in total. The van der Waals surface area contributed by atoms with Crippen LogP contribution in [0.15, 0.2) is 35.5 Å². The Labute approximate surface area is 242 Å². The number of rotatable bonds is 8. The molecule has 1 saturated carbocycles. The number of hydrogen-bond acceptors (Lipinski definition) is 8. The summed E-state index contributed by atoms with van der Waals surface area (Å²) in [6, 6.07) is 5.09. The lowest BCUT2D eigenvalue weighted by Crippen LogP contribution is -2.41. The van der Waals surface area contributed by atoms with Gasteiger partial charge in [-0.2, -0.15) is 5.10 Å². The van der Waals surface area contributed by atoms with Gasteiger partial charge in [0, 0.05) is 43.0 Å². The Hall–Kier alpha value is -3.41. The molecule has 1 amide bonds. The van der Waals surface area contributed by atoms with Crippen LogP contribution in [0.4, 0.5) is 5.82 Å². The predicted molar refractivity (Wildman–Crippen MR) is 156 cm³/mol. The third-order valence-corrected chi connectivity index (χ3v) is 9.86. The van der Waals surface area contributed by atoms with Crippen LogP contribution in [0, 0.1) is 23.7 Å². The van der Waals surface area contributed by atoms with E-state index in [0.717, 1.165) is 19.3 Å². The van der Waals surface area contributed by atoms with Crippen LogP contribution in [0.2, 0.25) is 0 Å². The van der Waals surface area contributed by atoms with E-state index in [0.29, 0.717) is 42.3 Å². The average molecular weight is 584 g/mol. The van der Waals surface area contributed by atoms with Crippen molar-refractivity contribution < 1.29 is 17.9 Å². The standard InChI is InChI=1S/C29H41N7O4S/c1-19-22(17-34(8)31-19)41(38,39)33-26(37)21-9-10-23(36-14-11-24(32-36)40-18-29(7)12-13-29)30-25(21)35-16-20(27(2,3)4)15-28(35,5)6/h9-11,14,17,20H,12-13,15-16,18H2,1-8H3,(H,33,37). The zero-order chi connectivity index (χ0) is 30.0. The summed E-state index contributed by atoms with van der Waals surface area (Å²) >= 11 is 0. The Kier molecular flexibility index (Phi) is 6.99. The molecule has 0 radical (unpaired) electrons. The fraction of sp³-hybridized carbons (Fsp3) is 0.586. The van der Waals surface area contributed by atoms with Crippen molar-refractivity contribution in [2.45, 2.75) is 78.2 Å². The molecular weight excluding hydrogens is 542 g/mol. The van der Waals surface area contributed by atoms with Crippen molar-refractivity contribution in [3.05, 3.63) is 41.9 Å². The summed E-state index contributed by atoms with van der Waals surface area (Å²) < 4.78 is 37.5. The van der Waals surface area contributed by atoms with Crippen LogP contribution in [0.5, 0.6) is 5.88 Å². The Bertz CT molecular complexity index is 1580. The summed E-state index contributed by atoms with van der Waals surface area (Å²) in [5, 5.41) is 8.67. The zero-order valence-corrected chi connectivity index (χ0v) is 26.0. The minimum absolute atomic E-state index is 0.0413. The number of amides is 1. The molecule has 1 aliphatic carbocycles. The van der Waals surface area contributed by atoms with Crippen LogP contribution >= 0.6 is 0 Å². The van der Waals surface area contributed by atoms with Crippen molar-refractivity contribution >= 4 is 21.7 Å². The highest BCUT2D eigenvalue weighted by Crippen LogP contribution is 2.45. The molecule has 0 aromatic carbocycles. The first-order valence-corrected chi connectivity index (χ1v) is 15.5. The summed E-state index contributed by atoms with van der Waals surface area (Å²) in [7, 11) is -2.52. The van der Waals surface area contributed by atoms with Crippen molar-refractivity contribution in [2.75, 3.05) is 18.1 Å². The number of aryl methyl sites for hydroxylation is 2. The fourth-order valence-electron chi connectivity index (χ4n) is 5.34. The molecule has 4 heterocycles. The highest BCUT2D eigenvalue weighted by Gasteiger charge is 2.45. The summed E-state index contributed by atoms with van der Waals surface area (Å²) in [5.74, 6) is 1.02. The third kappa shape index (κ3) is 5.98. The van der Waals surface area contributed by atoms with Crippen molar-refractivity contribution in [1.82, 2.24) is 29.3 Å². The van der Waals surface area contributed by atoms with Gasteiger partial charge in [-0.25, -0.2) is 22.8 Å². The first kappa shape index (κ1) is 29.1. The maximum atomic E-state index is 13.6. The largest absolute Gasteiger partial charge is 0.476 e. The normalized spacial score (nSPS) is 19.8. The van der Waals surface area contributed by atoms with Crippen LogP contribution in [0.3, 0.4) is 0 Å². The monoisotopic (exact) mass is 583 g/mol. The molecule has 0 bridgehead atoms. The second-order valence-corrected chi connectivity index (χ2v) is 15.3. The van der Waals surface area contributed by atoms with Gasteiger partial charge in [0.05, 0.1) is 17.9 Å². The second kappa shape index (κ2) is 9.85. The highest BCUT2D eigenvalue weighted by atomic mass is 32.2. The van der Waals surface area contributed by atoms with E-state index in [-0.39, 0.29) is 26.8 Å².